The lowest BCUT2D eigenvalue weighted by atomic mass is 10.2. The van der Waals surface area contributed by atoms with E-state index < -0.39 is 11.7 Å². The van der Waals surface area contributed by atoms with Crippen LogP contribution in [0.15, 0.2) is 18.2 Å². The van der Waals surface area contributed by atoms with Crippen molar-refractivity contribution in [3.63, 3.8) is 0 Å². The number of ether oxygens (including phenoxy) is 1. The number of aromatic hydroxyl groups is 2. The Kier molecular flexibility index (Phi) is 3.83. The summed E-state index contributed by atoms with van der Waals surface area (Å²) >= 11 is 0. The quantitative estimate of drug-likeness (QED) is 0.691. The highest BCUT2D eigenvalue weighted by Gasteiger charge is 2.16. The maximum absolute atomic E-state index is 11.4. The van der Waals surface area contributed by atoms with Crippen LogP contribution in [0.5, 0.6) is 11.5 Å². The molecule has 5 nitrogen and oxygen atoms in total. The molecule has 0 heterocycles. The Hall–Kier alpha value is -1.91. The van der Waals surface area contributed by atoms with E-state index in [4.69, 9.17) is 4.74 Å². The Morgan fingerprint density at radius 2 is 2.00 bits per heavy atom. The largest absolute Gasteiger partial charge is 0.508 e. The lowest BCUT2D eigenvalue weighted by molar-refractivity contribution is 0.0523. The number of benzene rings is 1. The molecule has 5 heteroatoms. The smallest absolute Gasteiger partial charge is 0.407 e. The molecule has 0 aromatic heterocycles. The first kappa shape index (κ1) is 13.2. The fourth-order valence-corrected chi connectivity index (χ4v) is 1.20. The van der Waals surface area contributed by atoms with Crippen LogP contribution in [0.3, 0.4) is 0 Å². The molecular weight excluding hydrogens is 222 g/mol. The average molecular weight is 239 g/mol. The summed E-state index contributed by atoms with van der Waals surface area (Å²) in [6.45, 7) is 5.38. The number of carbonyl (C=O) groups excluding carboxylic acids is 1. The fourth-order valence-electron chi connectivity index (χ4n) is 1.20. The molecule has 94 valence electrons. The van der Waals surface area contributed by atoms with Gasteiger partial charge in [0.25, 0.3) is 0 Å². The predicted octanol–water partition coefficient (Wildman–Crippen LogP) is 2.12. The van der Waals surface area contributed by atoms with Gasteiger partial charge in [-0.05, 0) is 39.0 Å². The van der Waals surface area contributed by atoms with Crippen molar-refractivity contribution in [2.45, 2.75) is 32.9 Å². The summed E-state index contributed by atoms with van der Waals surface area (Å²) in [5, 5.41) is 21.2. The van der Waals surface area contributed by atoms with E-state index in [1.807, 2.05) is 0 Å². The first-order valence-corrected chi connectivity index (χ1v) is 5.25. The highest BCUT2D eigenvalue weighted by Crippen LogP contribution is 2.21. The molecule has 0 aliphatic heterocycles. The van der Waals surface area contributed by atoms with Crippen molar-refractivity contribution in [2.75, 3.05) is 0 Å². The molecule has 0 unspecified atom stereocenters. The Balaban J connectivity index is 2.56. The molecule has 0 bridgehead atoms. The lowest BCUT2D eigenvalue weighted by Crippen LogP contribution is -2.32. The van der Waals surface area contributed by atoms with Gasteiger partial charge in [0.05, 0.1) is 0 Å². The van der Waals surface area contributed by atoms with Crippen molar-refractivity contribution >= 4 is 6.09 Å². The molecule has 1 amide bonds. The van der Waals surface area contributed by atoms with Crippen molar-refractivity contribution in [3.05, 3.63) is 23.8 Å². The summed E-state index contributed by atoms with van der Waals surface area (Å²) in [6, 6.07) is 4.11. The zero-order chi connectivity index (χ0) is 13.1. The van der Waals surface area contributed by atoms with Crippen molar-refractivity contribution < 1.29 is 19.7 Å². The molecule has 1 aromatic carbocycles. The van der Waals surface area contributed by atoms with E-state index in [0.29, 0.717) is 5.56 Å². The van der Waals surface area contributed by atoms with Crippen molar-refractivity contribution in [1.29, 1.82) is 0 Å². The van der Waals surface area contributed by atoms with Gasteiger partial charge in [0, 0.05) is 12.1 Å². The van der Waals surface area contributed by atoms with E-state index in [2.05, 4.69) is 5.32 Å². The summed E-state index contributed by atoms with van der Waals surface area (Å²) in [4.78, 5) is 11.4. The first-order valence-electron chi connectivity index (χ1n) is 5.25. The van der Waals surface area contributed by atoms with Crippen LogP contribution in [0, 0.1) is 0 Å². The Morgan fingerprint density at radius 3 is 2.59 bits per heavy atom. The average Bonchev–Trinajstić information content (AvgIpc) is 2.17. The second kappa shape index (κ2) is 4.95. The van der Waals surface area contributed by atoms with Crippen molar-refractivity contribution in [1.82, 2.24) is 5.32 Å². The van der Waals surface area contributed by atoms with Gasteiger partial charge in [-0.15, -0.1) is 0 Å². The monoisotopic (exact) mass is 239 g/mol. The standard InChI is InChI=1S/C12H17NO4/c1-12(2,3)17-11(16)13-7-8-6-9(14)4-5-10(8)15/h4-6,14-15H,7H2,1-3H3,(H,13,16). The molecule has 0 saturated heterocycles. The maximum atomic E-state index is 11.4. The number of amides is 1. The third-order valence-corrected chi connectivity index (χ3v) is 1.89. The zero-order valence-corrected chi connectivity index (χ0v) is 10.2. The SMILES string of the molecule is CC(C)(C)OC(=O)NCc1cc(O)ccc1O. The molecule has 0 saturated carbocycles. The van der Waals surface area contributed by atoms with Gasteiger partial charge in [-0.3, -0.25) is 0 Å². The van der Waals surface area contributed by atoms with E-state index in [9.17, 15) is 15.0 Å². The van der Waals surface area contributed by atoms with Gasteiger partial charge in [-0.1, -0.05) is 0 Å². The van der Waals surface area contributed by atoms with Crippen LogP contribution in [0.4, 0.5) is 4.79 Å². The van der Waals surface area contributed by atoms with Crippen LogP contribution in [0.25, 0.3) is 0 Å². The molecule has 1 aromatic rings. The minimum atomic E-state index is -0.569. The van der Waals surface area contributed by atoms with E-state index in [1.165, 1.54) is 18.2 Å². The second-order valence-corrected chi connectivity index (χ2v) is 4.67. The molecule has 0 atom stereocenters. The summed E-state index contributed by atoms with van der Waals surface area (Å²) in [6.07, 6.45) is -0.569. The Bertz CT molecular complexity index is 409. The highest BCUT2D eigenvalue weighted by molar-refractivity contribution is 5.67. The van der Waals surface area contributed by atoms with Gasteiger partial charge >= 0.3 is 6.09 Å². The van der Waals surface area contributed by atoms with Crippen molar-refractivity contribution in [3.8, 4) is 11.5 Å². The molecular formula is C12H17NO4. The van der Waals surface area contributed by atoms with Gasteiger partial charge in [-0.25, -0.2) is 4.79 Å². The molecule has 0 aliphatic carbocycles. The van der Waals surface area contributed by atoms with E-state index in [-0.39, 0.29) is 18.0 Å². The van der Waals surface area contributed by atoms with Gasteiger partial charge in [0.15, 0.2) is 0 Å². The number of alkyl carbamates (subject to hydrolysis) is 1. The fraction of sp³-hybridized carbons (Fsp3) is 0.417. The minimum Gasteiger partial charge on any atom is -0.508 e. The minimum absolute atomic E-state index is 0.0128. The molecule has 1 rings (SSSR count). The van der Waals surface area contributed by atoms with E-state index in [1.54, 1.807) is 20.8 Å². The van der Waals surface area contributed by atoms with Gasteiger partial charge in [0.2, 0.25) is 0 Å². The highest BCUT2D eigenvalue weighted by atomic mass is 16.6. The van der Waals surface area contributed by atoms with Crippen LogP contribution < -0.4 is 5.32 Å². The second-order valence-electron chi connectivity index (χ2n) is 4.67. The Labute approximate surface area is 100 Å². The lowest BCUT2D eigenvalue weighted by Gasteiger charge is -2.19. The van der Waals surface area contributed by atoms with Crippen LogP contribution >= 0.6 is 0 Å². The molecule has 0 aliphatic rings. The number of carbonyl (C=O) groups is 1. The molecule has 0 fully saturated rings. The number of hydrogen-bond donors (Lipinski definition) is 3. The van der Waals surface area contributed by atoms with Gasteiger partial charge in [-0.2, -0.15) is 0 Å². The third-order valence-electron chi connectivity index (χ3n) is 1.89. The molecule has 0 spiro atoms. The Morgan fingerprint density at radius 1 is 1.35 bits per heavy atom. The zero-order valence-electron chi connectivity index (χ0n) is 10.2. The predicted molar refractivity (Wildman–Crippen MR) is 62.8 cm³/mol. The molecule has 3 N–H and O–H groups in total. The third kappa shape index (κ3) is 4.63. The number of phenols is 2. The van der Waals surface area contributed by atoms with Crippen LogP contribution in [0.1, 0.15) is 26.3 Å². The number of nitrogens with one attached hydrogen (secondary N) is 1. The van der Waals surface area contributed by atoms with Crippen LogP contribution in [0.2, 0.25) is 0 Å². The summed E-state index contributed by atoms with van der Waals surface area (Å²) in [5.74, 6) is 0.0441. The van der Waals surface area contributed by atoms with Gasteiger partial charge in [0.1, 0.15) is 17.1 Å². The number of phenolic OH excluding ortho intramolecular Hbond substituents is 2. The molecule has 17 heavy (non-hydrogen) atoms. The normalized spacial score (nSPS) is 11.0. The number of hydrogen-bond acceptors (Lipinski definition) is 4. The number of rotatable bonds is 2. The van der Waals surface area contributed by atoms with Crippen molar-refractivity contribution in [2.24, 2.45) is 0 Å². The summed E-state index contributed by atoms with van der Waals surface area (Å²) in [5.41, 5.74) is -0.138. The maximum Gasteiger partial charge on any atom is 0.407 e. The topological polar surface area (TPSA) is 78.8 Å². The van der Waals surface area contributed by atoms with E-state index >= 15 is 0 Å². The van der Waals surface area contributed by atoms with E-state index in [0.717, 1.165) is 0 Å². The summed E-state index contributed by atoms with van der Waals surface area (Å²) in [7, 11) is 0. The van der Waals surface area contributed by atoms with Crippen LogP contribution in [-0.4, -0.2) is 21.9 Å². The summed E-state index contributed by atoms with van der Waals surface area (Å²) < 4.78 is 5.04. The van der Waals surface area contributed by atoms with Crippen LogP contribution in [-0.2, 0) is 11.3 Å². The van der Waals surface area contributed by atoms with Gasteiger partial charge < -0.3 is 20.3 Å². The first-order chi connectivity index (χ1) is 7.78. The molecule has 0 radical (unpaired) electrons.